The molecule has 1 N–H and O–H groups in total. The molecule has 148 valence electrons. The molecule has 4 aromatic rings. The molecule has 0 aliphatic heterocycles. The molecule has 1 heterocycles. The topological polar surface area (TPSA) is 50.2 Å². The first kappa shape index (κ1) is 18.8. The van der Waals surface area contributed by atoms with Crippen molar-refractivity contribution in [3.8, 4) is 22.4 Å². The number of carboxylic acids is 1. The molecule has 3 nitrogen and oxygen atoms in total. The van der Waals surface area contributed by atoms with Crippen LogP contribution in [0.3, 0.4) is 0 Å². The van der Waals surface area contributed by atoms with E-state index in [0.717, 1.165) is 35.1 Å². The van der Waals surface area contributed by atoms with E-state index in [-0.39, 0.29) is 5.56 Å². The van der Waals surface area contributed by atoms with Gasteiger partial charge in [-0.05, 0) is 66.3 Å². The van der Waals surface area contributed by atoms with Gasteiger partial charge in [0.1, 0.15) is 5.82 Å². The summed E-state index contributed by atoms with van der Waals surface area (Å²) in [5, 5.41) is 10.9. The number of pyridine rings is 1. The third kappa shape index (κ3) is 3.04. The molecule has 1 aliphatic carbocycles. The zero-order valence-electron chi connectivity index (χ0n) is 16.0. The summed E-state index contributed by atoms with van der Waals surface area (Å²) in [7, 11) is 0. The average Bonchev–Trinajstić information content (AvgIpc) is 2.90. The van der Waals surface area contributed by atoms with Crippen molar-refractivity contribution in [2.24, 2.45) is 0 Å². The largest absolute Gasteiger partial charge is 0.478 e. The van der Waals surface area contributed by atoms with E-state index in [0.29, 0.717) is 33.6 Å². The second-order valence-electron chi connectivity index (χ2n) is 7.49. The van der Waals surface area contributed by atoms with E-state index < -0.39 is 11.8 Å². The first-order chi connectivity index (χ1) is 14.5. The summed E-state index contributed by atoms with van der Waals surface area (Å²) in [5.41, 5.74) is 5.77. The molecule has 1 aliphatic rings. The van der Waals surface area contributed by atoms with Crippen LogP contribution in [0.25, 0.3) is 33.3 Å². The minimum Gasteiger partial charge on any atom is -0.478 e. The Labute approximate surface area is 177 Å². The Morgan fingerprint density at radius 3 is 2.57 bits per heavy atom. The number of aromatic nitrogens is 1. The van der Waals surface area contributed by atoms with Gasteiger partial charge in [-0.2, -0.15) is 0 Å². The van der Waals surface area contributed by atoms with Crippen molar-refractivity contribution in [2.75, 3.05) is 0 Å². The van der Waals surface area contributed by atoms with Gasteiger partial charge in [0.15, 0.2) is 0 Å². The Kier molecular flexibility index (Phi) is 4.52. The van der Waals surface area contributed by atoms with Gasteiger partial charge >= 0.3 is 5.97 Å². The van der Waals surface area contributed by atoms with Crippen LogP contribution in [0.1, 0.15) is 27.9 Å². The molecule has 3 aromatic carbocycles. The fourth-order valence-electron chi connectivity index (χ4n) is 4.33. The van der Waals surface area contributed by atoms with Crippen LogP contribution in [-0.4, -0.2) is 16.1 Å². The van der Waals surface area contributed by atoms with Gasteiger partial charge in [0.2, 0.25) is 0 Å². The number of benzene rings is 3. The lowest BCUT2D eigenvalue weighted by Crippen LogP contribution is -2.07. The van der Waals surface area contributed by atoms with Gasteiger partial charge in [-0.15, -0.1) is 0 Å². The predicted molar refractivity (Wildman–Crippen MR) is 117 cm³/mol. The Morgan fingerprint density at radius 1 is 1.00 bits per heavy atom. The van der Waals surface area contributed by atoms with E-state index in [1.54, 1.807) is 0 Å². The normalized spacial score (nSPS) is 12.9. The summed E-state index contributed by atoms with van der Waals surface area (Å²) in [6, 6.07) is 18.0. The molecular weight excluding hydrogens is 401 g/mol. The maximum absolute atomic E-state index is 13.9. The van der Waals surface area contributed by atoms with E-state index in [1.807, 2.05) is 36.4 Å². The van der Waals surface area contributed by atoms with E-state index in [1.165, 1.54) is 18.2 Å². The fraction of sp³-hybridized carbons (Fsp3) is 0.120. The molecular formula is C25H17ClFNO2. The highest BCUT2D eigenvalue weighted by Crippen LogP contribution is 2.40. The molecule has 5 rings (SSSR count). The number of carboxylic acid groups (broad SMARTS) is 1. The van der Waals surface area contributed by atoms with Crippen molar-refractivity contribution < 1.29 is 14.3 Å². The fourth-order valence-corrected chi connectivity index (χ4v) is 4.60. The number of aryl methyl sites for hydroxylation is 1. The Hall–Kier alpha value is -3.24. The number of carbonyl (C=O) groups is 1. The molecule has 0 spiro atoms. The van der Waals surface area contributed by atoms with E-state index >= 15 is 0 Å². The highest BCUT2D eigenvalue weighted by atomic mass is 35.5. The van der Waals surface area contributed by atoms with Crippen molar-refractivity contribution in [3.63, 3.8) is 0 Å². The van der Waals surface area contributed by atoms with Gasteiger partial charge < -0.3 is 5.11 Å². The van der Waals surface area contributed by atoms with Crippen LogP contribution >= 0.6 is 11.6 Å². The molecule has 0 radical (unpaired) electrons. The lowest BCUT2D eigenvalue weighted by Gasteiger charge is -2.16. The van der Waals surface area contributed by atoms with Gasteiger partial charge in [-0.1, -0.05) is 41.9 Å². The Morgan fingerprint density at radius 2 is 1.80 bits per heavy atom. The molecule has 0 atom stereocenters. The second-order valence-corrected chi connectivity index (χ2v) is 7.90. The number of halogens is 2. The van der Waals surface area contributed by atoms with Crippen molar-refractivity contribution >= 4 is 28.5 Å². The monoisotopic (exact) mass is 417 g/mol. The zero-order chi connectivity index (χ0) is 20.8. The first-order valence-corrected chi connectivity index (χ1v) is 10.1. The molecule has 0 saturated carbocycles. The SMILES string of the molecule is O=C(O)c1c2c(nc3ccc(F)cc13)-c1cc(Cl)c(-c3ccccc3)cc1CCC2. The van der Waals surface area contributed by atoms with Gasteiger partial charge in [0.05, 0.1) is 16.8 Å². The third-order valence-corrected chi connectivity index (χ3v) is 5.98. The van der Waals surface area contributed by atoms with E-state index in [9.17, 15) is 14.3 Å². The van der Waals surface area contributed by atoms with Gasteiger partial charge in [-0.25, -0.2) is 14.2 Å². The molecule has 0 unspecified atom stereocenters. The second kappa shape index (κ2) is 7.22. The van der Waals surface area contributed by atoms with Crippen LogP contribution in [0.5, 0.6) is 0 Å². The van der Waals surface area contributed by atoms with Crippen molar-refractivity contribution in [3.05, 3.63) is 88.2 Å². The summed E-state index contributed by atoms with van der Waals surface area (Å²) in [4.78, 5) is 16.9. The summed E-state index contributed by atoms with van der Waals surface area (Å²) in [5.74, 6) is -1.55. The summed E-state index contributed by atoms with van der Waals surface area (Å²) in [6.45, 7) is 0. The smallest absolute Gasteiger partial charge is 0.336 e. The maximum atomic E-state index is 13.9. The van der Waals surface area contributed by atoms with Crippen molar-refractivity contribution in [1.82, 2.24) is 4.98 Å². The van der Waals surface area contributed by atoms with Crippen LogP contribution in [0.4, 0.5) is 4.39 Å². The van der Waals surface area contributed by atoms with Crippen LogP contribution in [0.15, 0.2) is 60.7 Å². The molecule has 0 amide bonds. The third-order valence-electron chi connectivity index (χ3n) is 5.67. The number of fused-ring (bicyclic) bond motifs is 4. The Balaban J connectivity index is 1.80. The highest BCUT2D eigenvalue weighted by molar-refractivity contribution is 6.33. The zero-order valence-corrected chi connectivity index (χ0v) is 16.7. The maximum Gasteiger partial charge on any atom is 0.336 e. The van der Waals surface area contributed by atoms with Crippen LogP contribution in [0.2, 0.25) is 5.02 Å². The number of aromatic carboxylic acids is 1. The van der Waals surface area contributed by atoms with E-state index in [4.69, 9.17) is 16.6 Å². The average molecular weight is 418 g/mol. The molecule has 30 heavy (non-hydrogen) atoms. The molecule has 5 heteroatoms. The van der Waals surface area contributed by atoms with Crippen molar-refractivity contribution in [1.29, 1.82) is 0 Å². The standard InChI is InChI=1S/C25H17ClFNO2/c26-21-13-19-15(11-18(21)14-5-2-1-3-6-14)7-4-8-17-23(25(29)30)20-12-16(27)9-10-22(20)28-24(17)19/h1-3,5-6,9-13H,4,7-8H2,(H,29,30). The van der Waals surface area contributed by atoms with Crippen LogP contribution < -0.4 is 0 Å². The number of hydrogen-bond donors (Lipinski definition) is 1. The first-order valence-electron chi connectivity index (χ1n) is 9.76. The molecule has 1 aromatic heterocycles. The summed E-state index contributed by atoms with van der Waals surface area (Å²) in [6.07, 6.45) is 2.12. The summed E-state index contributed by atoms with van der Waals surface area (Å²) >= 11 is 6.66. The highest BCUT2D eigenvalue weighted by Gasteiger charge is 2.25. The van der Waals surface area contributed by atoms with E-state index in [2.05, 4.69) is 6.07 Å². The lowest BCUT2D eigenvalue weighted by atomic mass is 9.93. The lowest BCUT2D eigenvalue weighted by molar-refractivity contribution is 0.0698. The summed E-state index contributed by atoms with van der Waals surface area (Å²) < 4.78 is 13.9. The number of hydrogen-bond acceptors (Lipinski definition) is 2. The van der Waals surface area contributed by atoms with Crippen LogP contribution in [-0.2, 0) is 12.8 Å². The number of nitrogens with zero attached hydrogens (tertiary/aromatic N) is 1. The predicted octanol–water partition coefficient (Wildman–Crippen LogP) is 6.55. The molecule has 0 bridgehead atoms. The number of rotatable bonds is 2. The van der Waals surface area contributed by atoms with Gasteiger partial charge in [0, 0.05) is 21.5 Å². The minimum absolute atomic E-state index is 0.130. The minimum atomic E-state index is -1.07. The van der Waals surface area contributed by atoms with Crippen LogP contribution in [0, 0.1) is 5.82 Å². The van der Waals surface area contributed by atoms with Gasteiger partial charge in [-0.3, -0.25) is 0 Å². The Bertz CT molecular complexity index is 1320. The molecule has 0 saturated heterocycles. The molecule has 0 fully saturated rings. The van der Waals surface area contributed by atoms with Gasteiger partial charge in [0.25, 0.3) is 0 Å². The van der Waals surface area contributed by atoms with Crippen molar-refractivity contribution in [2.45, 2.75) is 19.3 Å². The quantitative estimate of drug-likeness (QED) is 0.402.